The topological polar surface area (TPSA) is 71.7 Å². The van der Waals surface area contributed by atoms with Crippen molar-refractivity contribution in [3.63, 3.8) is 0 Å². The van der Waals surface area contributed by atoms with E-state index in [2.05, 4.69) is 15.1 Å². The number of nitrogens with zero attached hydrogens (tertiary/aromatic N) is 4. The Labute approximate surface area is 163 Å². The van der Waals surface area contributed by atoms with Gasteiger partial charge in [-0.25, -0.2) is 4.39 Å². The highest BCUT2D eigenvalue weighted by Crippen LogP contribution is 2.39. The van der Waals surface area contributed by atoms with E-state index in [1.165, 1.54) is 12.1 Å². The molecule has 1 spiro atoms. The summed E-state index contributed by atoms with van der Waals surface area (Å²) in [5, 5.41) is 8.19. The fourth-order valence-corrected chi connectivity index (χ4v) is 4.39. The lowest BCUT2D eigenvalue weighted by Gasteiger charge is -2.44. The third-order valence-electron chi connectivity index (χ3n) is 5.76. The second-order valence-corrected chi connectivity index (χ2v) is 7.46. The minimum Gasteiger partial charge on any atom is -0.419 e. The molecule has 0 N–H and O–H groups in total. The van der Waals surface area contributed by atoms with Crippen LogP contribution in [-0.4, -0.2) is 64.8 Å². The van der Waals surface area contributed by atoms with Gasteiger partial charge in [0.25, 0.3) is 0 Å². The molecule has 28 heavy (non-hydrogen) atoms. The van der Waals surface area contributed by atoms with Gasteiger partial charge in [0, 0.05) is 25.8 Å². The first-order chi connectivity index (χ1) is 13.6. The number of piperidine rings is 1. The Morgan fingerprint density at radius 3 is 2.86 bits per heavy atom. The summed E-state index contributed by atoms with van der Waals surface area (Å²) in [6, 6.07) is 6.08. The van der Waals surface area contributed by atoms with Crippen LogP contribution < -0.4 is 0 Å². The van der Waals surface area contributed by atoms with E-state index in [1.54, 1.807) is 19.2 Å². The van der Waals surface area contributed by atoms with Gasteiger partial charge >= 0.3 is 0 Å². The van der Waals surface area contributed by atoms with Gasteiger partial charge in [0.05, 0.1) is 13.2 Å². The highest BCUT2D eigenvalue weighted by molar-refractivity contribution is 5.87. The van der Waals surface area contributed by atoms with Crippen molar-refractivity contribution < 1.29 is 18.3 Å². The minimum absolute atomic E-state index is 0.179. The first kappa shape index (κ1) is 19.0. The van der Waals surface area contributed by atoms with Gasteiger partial charge in [0.2, 0.25) is 17.7 Å². The summed E-state index contributed by atoms with van der Waals surface area (Å²) in [7, 11) is 1.65. The molecule has 1 amide bonds. The highest BCUT2D eigenvalue weighted by atomic mass is 19.1. The molecule has 7 nitrogen and oxygen atoms in total. The van der Waals surface area contributed by atoms with E-state index in [1.807, 2.05) is 4.90 Å². The van der Waals surface area contributed by atoms with Crippen LogP contribution in [0.25, 0.3) is 11.5 Å². The SMILES string of the molecule is COCCN1CCCC2(CCCN2Cc2nnc(-c3cccc(F)c3)o2)C1=O. The maximum atomic E-state index is 13.4. The standard InChI is InChI=1S/C20H25FN4O3/c1-27-12-11-24-9-3-7-20(19(24)26)8-4-10-25(20)14-17-22-23-18(28-17)15-5-2-6-16(21)13-15/h2,5-6,13H,3-4,7-12,14H2,1H3. The van der Waals surface area contributed by atoms with Crippen LogP contribution in [0.15, 0.2) is 28.7 Å². The van der Waals surface area contributed by atoms with Gasteiger partial charge in [-0.2, -0.15) is 0 Å². The van der Waals surface area contributed by atoms with Crippen LogP contribution in [0.3, 0.4) is 0 Å². The molecule has 0 aliphatic carbocycles. The summed E-state index contributed by atoms with van der Waals surface area (Å²) < 4.78 is 24.4. The van der Waals surface area contributed by atoms with Crippen LogP contribution in [0.2, 0.25) is 0 Å². The summed E-state index contributed by atoms with van der Waals surface area (Å²) >= 11 is 0. The number of carbonyl (C=O) groups is 1. The van der Waals surface area contributed by atoms with Gasteiger partial charge in [0.1, 0.15) is 11.4 Å². The number of benzene rings is 1. The predicted octanol–water partition coefficient (Wildman–Crippen LogP) is 2.48. The second kappa shape index (κ2) is 7.97. The largest absolute Gasteiger partial charge is 0.419 e. The van der Waals surface area contributed by atoms with Crippen molar-refractivity contribution in [2.45, 2.75) is 37.8 Å². The maximum Gasteiger partial charge on any atom is 0.247 e. The average molecular weight is 388 g/mol. The van der Waals surface area contributed by atoms with Crippen molar-refractivity contribution in [2.75, 3.05) is 33.4 Å². The molecule has 2 aliphatic heterocycles. The molecule has 2 fully saturated rings. The first-order valence-corrected chi connectivity index (χ1v) is 9.74. The number of aromatic nitrogens is 2. The van der Waals surface area contributed by atoms with Crippen molar-refractivity contribution in [3.8, 4) is 11.5 Å². The van der Waals surface area contributed by atoms with Crippen LogP contribution in [0.5, 0.6) is 0 Å². The van der Waals surface area contributed by atoms with Crippen LogP contribution in [-0.2, 0) is 16.1 Å². The monoisotopic (exact) mass is 388 g/mol. The zero-order chi connectivity index (χ0) is 19.6. The van der Waals surface area contributed by atoms with E-state index < -0.39 is 5.54 Å². The summed E-state index contributed by atoms with van der Waals surface area (Å²) in [6.07, 6.45) is 3.64. The Balaban J connectivity index is 1.51. The number of rotatable bonds is 6. The second-order valence-electron chi connectivity index (χ2n) is 7.46. The van der Waals surface area contributed by atoms with Gasteiger partial charge < -0.3 is 14.1 Å². The van der Waals surface area contributed by atoms with Crippen molar-refractivity contribution in [2.24, 2.45) is 0 Å². The van der Waals surface area contributed by atoms with Crippen LogP contribution in [0.1, 0.15) is 31.6 Å². The Kier molecular flexibility index (Phi) is 5.41. The number of carbonyl (C=O) groups excluding carboxylic acids is 1. The summed E-state index contributed by atoms with van der Waals surface area (Å²) in [6.45, 7) is 3.19. The van der Waals surface area contributed by atoms with E-state index in [0.29, 0.717) is 37.0 Å². The number of hydrogen-bond donors (Lipinski definition) is 0. The molecule has 0 bridgehead atoms. The van der Waals surface area contributed by atoms with Gasteiger partial charge in [0.15, 0.2) is 0 Å². The minimum atomic E-state index is -0.487. The fourth-order valence-electron chi connectivity index (χ4n) is 4.39. The molecule has 4 rings (SSSR count). The van der Waals surface area contributed by atoms with E-state index in [-0.39, 0.29) is 11.7 Å². The molecular weight excluding hydrogens is 363 g/mol. The third kappa shape index (κ3) is 3.54. The van der Waals surface area contributed by atoms with Crippen molar-refractivity contribution in [1.82, 2.24) is 20.0 Å². The Bertz CT molecular complexity index is 842. The lowest BCUT2D eigenvalue weighted by atomic mass is 9.85. The number of likely N-dealkylation sites (tertiary alicyclic amines) is 2. The van der Waals surface area contributed by atoms with Crippen molar-refractivity contribution in [1.29, 1.82) is 0 Å². The number of halogens is 1. The zero-order valence-electron chi connectivity index (χ0n) is 16.1. The molecule has 3 heterocycles. The van der Waals surface area contributed by atoms with Gasteiger partial charge in [-0.1, -0.05) is 6.07 Å². The molecule has 1 atom stereocenters. The molecule has 2 aromatic rings. The number of ether oxygens (including phenoxy) is 1. The maximum absolute atomic E-state index is 13.4. The summed E-state index contributed by atoms with van der Waals surface area (Å²) in [5.74, 6) is 0.569. The van der Waals surface area contributed by atoms with Gasteiger partial charge in [-0.15, -0.1) is 10.2 Å². The fraction of sp³-hybridized carbons (Fsp3) is 0.550. The molecule has 0 saturated carbocycles. The van der Waals surface area contributed by atoms with Crippen molar-refractivity contribution in [3.05, 3.63) is 36.0 Å². The number of hydrogen-bond acceptors (Lipinski definition) is 6. The lowest BCUT2D eigenvalue weighted by Crippen LogP contribution is -2.60. The first-order valence-electron chi connectivity index (χ1n) is 9.74. The van der Waals surface area contributed by atoms with Gasteiger partial charge in [-0.3, -0.25) is 9.69 Å². The number of amides is 1. The zero-order valence-corrected chi connectivity index (χ0v) is 16.1. The highest BCUT2D eigenvalue weighted by Gasteiger charge is 2.50. The van der Waals surface area contributed by atoms with Gasteiger partial charge in [-0.05, 0) is 50.4 Å². The van der Waals surface area contributed by atoms with Crippen LogP contribution in [0, 0.1) is 5.82 Å². The number of methoxy groups -OCH3 is 1. The van der Waals surface area contributed by atoms with Crippen LogP contribution in [0.4, 0.5) is 4.39 Å². The molecule has 1 unspecified atom stereocenters. The molecule has 2 saturated heterocycles. The Hall–Kier alpha value is -2.32. The average Bonchev–Trinajstić information content (AvgIpc) is 3.32. The smallest absolute Gasteiger partial charge is 0.247 e. The lowest BCUT2D eigenvalue weighted by molar-refractivity contribution is -0.148. The van der Waals surface area contributed by atoms with Crippen LogP contribution >= 0.6 is 0 Å². The Morgan fingerprint density at radius 2 is 2.07 bits per heavy atom. The van der Waals surface area contributed by atoms with E-state index in [9.17, 15) is 9.18 Å². The molecule has 1 aromatic heterocycles. The molecular formula is C20H25FN4O3. The quantitative estimate of drug-likeness (QED) is 0.757. The molecule has 2 aliphatic rings. The summed E-state index contributed by atoms with van der Waals surface area (Å²) in [4.78, 5) is 17.3. The van der Waals surface area contributed by atoms with E-state index in [0.717, 1.165) is 38.8 Å². The third-order valence-corrected chi connectivity index (χ3v) is 5.76. The molecule has 0 radical (unpaired) electrons. The normalized spacial score (nSPS) is 23.1. The van der Waals surface area contributed by atoms with E-state index in [4.69, 9.17) is 9.15 Å². The summed E-state index contributed by atoms with van der Waals surface area (Å²) in [5.41, 5.74) is 0.0637. The Morgan fingerprint density at radius 1 is 1.25 bits per heavy atom. The van der Waals surface area contributed by atoms with E-state index >= 15 is 0 Å². The molecule has 1 aromatic carbocycles. The van der Waals surface area contributed by atoms with Crippen molar-refractivity contribution >= 4 is 5.91 Å². The molecule has 8 heteroatoms. The predicted molar refractivity (Wildman–Crippen MR) is 99.8 cm³/mol. The molecule has 150 valence electrons.